The molecule has 3 aliphatic heterocycles. The van der Waals surface area contributed by atoms with E-state index in [1.54, 1.807) is 0 Å². The summed E-state index contributed by atoms with van der Waals surface area (Å²) < 4.78 is 0. The van der Waals surface area contributed by atoms with Gasteiger partial charge in [-0.1, -0.05) is 12.8 Å². The minimum Gasteiger partial charge on any atom is -0.342 e. The van der Waals surface area contributed by atoms with E-state index in [0.29, 0.717) is 12.5 Å². The molecule has 0 bridgehead atoms. The van der Waals surface area contributed by atoms with Crippen molar-refractivity contribution in [1.82, 2.24) is 20.0 Å². The Morgan fingerprint density at radius 3 is 2.04 bits per heavy atom. The maximum absolute atomic E-state index is 12.7. The van der Waals surface area contributed by atoms with Crippen molar-refractivity contribution in [1.29, 1.82) is 0 Å². The SMILES string of the molecule is O=C(CN1CCNCC1)N1CCC(C(=O)N2CCCCCC2)CC1. The number of likely N-dealkylation sites (tertiary alicyclic amines) is 2. The second-order valence-corrected chi connectivity index (χ2v) is 7.42. The molecule has 136 valence electrons. The topological polar surface area (TPSA) is 55.9 Å². The fourth-order valence-electron chi connectivity index (χ4n) is 4.09. The Kier molecular flexibility index (Phi) is 6.49. The summed E-state index contributed by atoms with van der Waals surface area (Å²) in [6.07, 6.45) is 6.47. The average molecular weight is 336 g/mol. The molecule has 0 aromatic carbocycles. The van der Waals surface area contributed by atoms with Crippen molar-refractivity contribution in [2.75, 3.05) is 58.9 Å². The first-order chi connectivity index (χ1) is 11.7. The third-order valence-electron chi connectivity index (χ3n) is 5.68. The lowest BCUT2D eigenvalue weighted by molar-refractivity contribution is -0.141. The molecule has 3 aliphatic rings. The van der Waals surface area contributed by atoms with Crippen LogP contribution >= 0.6 is 0 Å². The minimum atomic E-state index is 0.131. The Labute approximate surface area is 145 Å². The minimum absolute atomic E-state index is 0.131. The van der Waals surface area contributed by atoms with Crippen LogP contribution in [-0.2, 0) is 9.59 Å². The second kappa shape index (κ2) is 8.81. The molecule has 24 heavy (non-hydrogen) atoms. The molecule has 0 aromatic rings. The number of hydrogen-bond donors (Lipinski definition) is 1. The molecule has 0 radical (unpaired) electrons. The van der Waals surface area contributed by atoms with Crippen LogP contribution in [0.3, 0.4) is 0 Å². The lowest BCUT2D eigenvalue weighted by Gasteiger charge is -2.35. The van der Waals surface area contributed by atoms with Crippen molar-refractivity contribution in [2.24, 2.45) is 5.92 Å². The fraction of sp³-hybridized carbons (Fsp3) is 0.889. The Bertz CT molecular complexity index is 421. The first kappa shape index (κ1) is 17.7. The summed E-state index contributed by atoms with van der Waals surface area (Å²) in [6, 6.07) is 0. The second-order valence-electron chi connectivity index (χ2n) is 7.42. The van der Waals surface area contributed by atoms with Crippen LogP contribution in [-0.4, -0.2) is 85.4 Å². The van der Waals surface area contributed by atoms with Crippen LogP contribution in [0, 0.1) is 5.92 Å². The van der Waals surface area contributed by atoms with Crippen LogP contribution < -0.4 is 5.32 Å². The zero-order chi connectivity index (χ0) is 16.8. The zero-order valence-corrected chi connectivity index (χ0v) is 14.8. The zero-order valence-electron chi connectivity index (χ0n) is 14.8. The molecular formula is C18H32N4O2. The molecule has 3 saturated heterocycles. The van der Waals surface area contributed by atoms with Gasteiger partial charge in [-0.2, -0.15) is 0 Å². The Morgan fingerprint density at radius 1 is 0.792 bits per heavy atom. The highest BCUT2D eigenvalue weighted by Gasteiger charge is 2.30. The Morgan fingerprint density at radius 2 is 1.42 bits per heavy atom. The number of carbonyl (C=O) groups is 2. The summed E-state index contributed by atoms with van der Waals surface area (Å²) in [5.41, 5.74) is 0. The van der Waals surface area contributed by atoms with Gasteiger partial charge >= 0.3 is 0 Å². The van der Waals surface area contributed by atoms with Gasteiger partial charge in [-0.05, 0) is 25.7 Å². The van der Waals surface area contributed by atoms with Crippen molar-refractivity contribution >= 4 is 11.8 Å². The molecule has 0 atom stereocenters. The summed E-state index contributed by atoms with van der Waals surface area (Å²) in [5, 5.41) is 3.31. The molecule has 0 spiro atoms. The van der Waals surface area contributed by atoms with Gasteiger partial charge in [0, 0.05) is 58.3 Å². The smallest absolute Gasteiger partial charge is 0.236 e. The summed E-state index contributed by atoms with van der Waals surface area (Å²) >= 11 is 0. The van der Waals surface area contributed by atoms with E-state index in [-0.39, 0.29) is 11.8 Å². The molecule has 3 heterocycles. The van der Waals surface area contributed by atoms with E-state index >= 15 is 0 Å². The predicted molar refractivity (Wildman–Crippen MR) is 93.7 cm³/mol. The van der Waals surface area contributed by atoms with Crippen LogP contribution in [0.4, 0.5) is 0 Å². The van der Waals surface area contributed by atoms with Gasteiger partial charge in [0.2, 0.25) is 11.8 Å². The van der Waals surface area contributed by atoms with E-state index in [0.717, 1.165) is 78.0 Å². The lowest BCUT2D eigenvalue weighted by Crippen LogP contribution is -2.50. The van der Waals surface area contributed by atoms with E-state index < -0.39 is 0 Å². The number of piperazine rings is 1. The number of nitrogens with zero attached hydrogens (tertiary/aromatic N) is 3. The van der Waals surface area contributed by atoms with Crippen LogP contribution in [0.25, 0.3) is 0 Å². The van der Waals surface area contributed by atoms with Crippen molar-refractivity contribution in [2.45, 2.75) is 38.5 Å². The van der Waals surface area contributed by atoms with Gasteiger partial charge in [0.15, 0.2) is 0 Å². The monoisotopic (exact) mass is 336 g/mol. The van der Waals surface area contributed by atoms with Crippen molar-refractivity contribution < 1.29 is 9.59 Å². The number of carbonyl (C=O) groups excluding carboxylic acids is 2. The molecule has 0 unspecified atom stereocenters. The first-order valence-electron chi connectivity index (χ1n) is 9.73. The van der Waals surface area contributed by atoms with E-state index in [9.17, 15) is 9.59 Å². The number of hydrogen-bond acceptors (Lipinski definition) is 4. The van der Waals surface area contributed by atoms with Crippen LogP contribution in [0.2, 0.25) is 0 Å². The van der Waals surface area contributed by atoms with Crippen molar-refractivity contribution in [3.63, 3.8) is 0 Å². The highest BCUT2D eigenvalue weighted by atomic mass is 16.2. The number of nitrogens with one attached hydrogen (secondary N) is 1. The van der Waals surface area contributed by atoms with E-state index in [4.69, 9.17) is 0 Å². The standard InChI is InChI=1S/C18H32N4O2/c23-17(15-20-13-7-19-8-14-20)21-11-5-16(6-12-21)18(24)22-9-3-1-2-4-10-22/h16,19H,1-15H2. The normalized spacial score (nSPS) is 24.7. The molecule has 0 saturated carbocycles. The summed E-state index contributed by atoms with van der Waals surface area (Å²) in [4.78, 5) is 31.4. The van der Waals surface area contributed by atoms with Crippen LogP contribution in [0.15, 0.2) is 0 Å². The van der Waals surface area contributed by atoms with Gasteiger partial charge in [0.1, 0.15) is 0 Å². The average Bonchev–Trinajstić information content (AvgIpc) is 2.91. The Hall–Kier alpha value is -1.14. The van der Waals surface area contributed by atoms with E-state index in [1.165, 1.54) is 12.8 Å². The third kappa shape index (κ3) is 4.70. The number of piperidine rings is 1. The fourth-order valence-corrected chi connectivity index (χ4v) is 4.09. The molecule has 0 aromatic heterocycles. The highest BCUT2D eigenvalue weighted by molar-refractivity contribution is 5.81. The Balaban J connectivity index is 1.42. The maximum Gasteiger partial charge on any atom is 0.236 e. The molecule has 3 rings (SSSR count). The van der Waals surface area contributed by atoms with E-state index in [2.05, 4.69) is 15.1 Å². The molecule has 0 aliphatic carbocycles. The summed E-state index contributed by atoms with van der Waals surface area (Å²) in [7, 11) is 0. The quantitative estimate of drug-likeness (QED) is 0.817. The maximum atomic E-state index is 12.7. The van der Waals surface area contributed by atoms with Gasteiger partial charge in [-0.3, -0.25) is 14.5 Å². The van der Waals surface area contributed by atoms with Gasteiger partial charge in [-0.15, -0.1) is 0 Å². The van der Waals surface area contributed by atoms with Crippen molar-refractivity contribution in [3.05, 3.63) is 0 Å². The lowest BCUT2D eigenvalue weighted by atomic mass is 9.95. The molecule has 6 nitrogen and oxygen atoms in total. The molecule has 3 fully saturated rings. The predicted octanol–water partition coefficient (Wildman–Crippen LogP) is 0.533. The van der Waals surface area contributed by atoms with Gasteiger partial charge in [0.25, 0.3) is 0 Å². The molecule has 2 amide bonds. The number of rotatable bonds is 3. The van der Waals surface area contributed by atoms with E-state index in [1.807, 2.05) is 4.90 Å². The van der Waals surface area contributed by atoms with Crippen molar-refractivity contribution in [3.8, 4) is 0 Å². The van der Waals surface area contributed by atoms with Gasteiger partial charge < -0.3 is 15.1 Å². The van der Waals surface area contributed by atoms with Gasteiger partial charge in [0.05, 0.1) is 6.54 Å². The molecule has 6 heteroatoms. The first-order valence-corrected chi connectivity index (χ1v) is 9.73. The highest BCUT2D eigenvalue weighted by Crippen LogP contribution is 2.22. The largest absolute Gasteiger partial charge is 0.342 e. The third-order valence-corrected chi connectivity index (χ3v) is 5.68. The number of amides is 2. The molecular weight excluding hydrogens is 304 g/mol. The van der Waals surface area contributed by atoms with Gasteiger partial charge in [-0.25, -0.2) is 0 Å². The van der Waals surface area contributed by atoms with Crippen LogP contribution in [0.1, 0.15) is 38.5 Å². The summed E-state index contributed by atoms with van der Waals surface area (Å²) in [5.74, 6) is 0.704. The van der Waals surface area contributed by atoms with Crippen LogP contribution in [0.5, 0.6) is 0 Å². The summed E-state index contributed by atoms with van der Waals surface area (Å²) in [6.45, 7) is 7.74. The molecule has 1 N–H and O–H groups in total.